The van der Waals surface area contributed by atoms with E-state index in [1.54, 1.807) is 0 Å². The first-order chi connectivity index (χ1) is 9.17. The lowest BCUT2D eigenvalue weighted by Crippen LogP contribution is -2.11. The van der Waals surface area contributed by atoms with Gasteiger partial charge in [0.05, 0.1) is 6.61 Å². The summed E-state index contributed by atoms with van der Waals surface area (Å²) in [4.78, 5) is 11.2. The van der Waals surface area contributed by atoms with Crippen molar-refractivity contribution in [3.8, 4) is 0 Å². The third kappa shape index (κ3) is 5.92. The monoisotopic (exact) mass is 266 g/mol. The molecular weight excluding hydrogens is 240 g/mol. The summed E-state index contributed by atoms with van der Waals surface area (Å²) in [6.45, 7) is 5.49. The molecule has 19 heavy (non-hydrogen) atoms. The van der Waals surface area contributed by atoms with E-state index >= 15 is 0 Å². The predicted octanol–water partition coefficient (Wildman–Crippen LogP) is 2.89. The SMILES string of the molecule is CCOC(=O)CCCCCn1ccc(C(C)NC)c1. The summed E-state index contributed by atoms with van der Waals surface area (Å²) in [5.74, 6) is -0.0754. The molecule has 1 N–H and O–H groups in total. The summed E-state index contributed by atoms with van der Waals surface area (Å²) < 4.78 is 7.11. The van der Waals surface area contributed by atoms with Crippen molar-refractivity contribution in [2.24, 2.45) is 0 Å². The summed E-state index contributed by atoms with van der Waals surface area (Å²) in [7, 11) is 1.97. The Morgan fingerprint density at radius 1 is 1.42 bits per heavy atom. The Hall–Kier alpha value is -1.29. The Labute approximate surface area is 116 Å². The van der Waals surface area contributed by atoms with Crippen LogP contribution in [0, 0.1) is 0 Å². The summed E-state index contributed by atoms with van der Waals surface area (Å²) in [5, 5.41) is 3.23. The fourth-order valence-electron chi connectivity index (χ4n) is 1.99. The Balaban J connectivity index is 2.16. The second-order valence-corrected chi connectivity index (χ2v) is 4.81. The number of nitrogens with zero attached hydrogens (tertiary/aromatic N) is 1. The van der Waals surface area contributed by atoms with Crippen molar-refractivity contribution in [2.75, 3.05) is 13.7 Å². The summed E-state index contributed by atoms with van der Waals surface area (Å²) in [6, 6.07) is 2.55. The van der Waals surface area contributed by atoms with E-state index < -0.39 is 0 Å². The Morgan fingerprint density at radius 2 is 2.21 bits per heavy atom. The molecule has 0 saturated heterocycles. The average molecular weight is 266 g/mol. The molecule has 4 heteroatoms. The number of unbranched alkanes of at least 4 members (excludes halogenated alkanes) is 2. The Kier molecular flexibility index (Phi) is 7.26. The second kappa shape index (κ2) is 8.75. The first-order valence-electron chi connectivity index (χ1n) is 7.16. The highest BCUT2D eigenvalue weighted by Gasteiger charge is 2.04. The molecule has 0 aliphatic heterocycles. The first-order valence-corrected chi connectivity index (χ1v) is 7.16. The molecule has 0 radical (unpaired) electrons. The minimum absolute atomic E-state index is 0.0754. The van der Waals surface area contributed by atoms with Crippen molar-refractivity contribution in [3.63, 3.8) is 0 Å². The number of aryl methyl sites for hydroxylation is 1. The minimum Gasteiger partial charge on any atom is -0.466 e. The van der Waals surface area contributed by atoms with E-state index in [2.05, 4.69) is 35.3 Å². The van der Waals surface area contributed by atoms with Crippen molar-refractivity contribution in [1.29, 1.82) is 0 Å². The fourth-order valence-corrected chi connectivity index (χ4v) is 1.99. The standard InChI is InChI=1S/C15H26N2O2/c1-4-19-15(18)8-6-5-7-10-17-11-9-14(12-17)13(2)16-3/h9,11-13,16H,4-8,10H2,1-3H3. The summed E-state index contributed by atoms with van der Waals surface area (Å²) in [6.07, 6.45) is 7.93. The van der Waals surface area contributed by atoms with Crippen molar-refractivity contribution < 1.29 is 9.53 Å². The molecule has 1 heterocycles. The van der Waals surface area contributed by atoms with E-state index in [1.165, 1.54) is 5.56 Å². The van der Waals surface area contributed by atoms with Crippen LogP contribution in [-0.4, -0.2) is 24.2 Å². The van der Waals surface area contributed by atoms with Gasteiger partial charge in [0, 0.05) is 31.4 Å². The van der Waals surface area contributed by atoms with E-state index in [0.29, 0.717) is 19.1 Å². The number of carbonyl (C=O) groups is 1. The zero-order valence-corrected chi connectivity index (χ0v) is 12.3. The van der Waals surface area contributed by atoms with Crippen LogP contribution in [0.25, 0.3) is 0 Å². The molecule has 1 unspecified atom stereocenters. The third-order valence-electron chi connectivity index (χ3n) is 3.31. The van der Waals surface area contributed by atoms with Crippen LogP contribution in [0.1, 0.15) is 51.1 Å². The minimum atomic E-state index is -0.0754. The molecule has 0 aliphatic rings. The van der Waals surface area contributed by atoms with Crippen LogP contribution in [-0.2, 0) is 16.1 Å². The van der Waals surface area contributed by atoms with Crippen molar-refractivity contribution >= 4 is 5.97 Å². The van der Waals surface area contributed by atoms with Crippen molar-refractivity contribution in [3.05, 3.63) is 24.0 Å². The number of carbonyl (C=O) groups excluding carboxylic acids is 1. The van der Waals surface area contributed by atoms with Crippen LogP contribution in [0.15, 0.2) is 18.5 Å². The molecule has 1 atom stereocenters. The number of hydrogen-bond acceptors (Lipinski definition) is 3. The van der Waals surface area contributed by atoms with Gasteiger partial charge in [-0.3, -0.25) is 4.79 Å². The number of rotatable bonds is 9. The number of esters is 1. The van der Waals surface area contributed by atoms with E-state index in [9.17, 15) is 4.79 Å². The maximum absolute atomic E-state index is 11.2. The molecule has 0 spiro atoms. The van der Waals surface area contributed by atoms with Crippen molar-refractivity contribution in [2.45, 2.75) is 52.1 Å². The zero-order valence-electron chi connectivity index (χ0n) is 12.3. The quantitative estimate of drug-likeness (QED) is 0.552. The van der Waals surface area contributed by atoms with Crippen molar-refractivity contribution in [1.82, 2.24) is 9.88 Å². The zero-order chi connectivity index (χ0) is 14.1. The van der Waals surface area contributed by atoms with Crippen LogP contribution in [0.4, 0.5) is 0 Å². The molecule has 0 aliphatic carbocycles. The summed E-state index contributed by atoms with van der Waals surface area (Å²) >= 11 is 0. The lowest BCUT2D eigenvalue weighted by Gasteiger charge is -2.07. The van der Waals surface area contributed by atoms with Gasteiger partial charge in [-0.2, -0.15) is 0 Å². The number of aromatic nitrogens is 1. The van der Waals surface area contributed by atoms with Gasteiger partial charge < -0.3 is 14.6 Å². The molecule has 1 aromatic heterocycles. The molecule has 1 aromatic rings. The lowest BCUT2D eigenvalue weighted by molar-refractivity contribution is -0.143. The molecule has 0 fully saturated rings. The van der Waals surface area contributed by atoms with Crippen LogP contribution in [0.5, 0.6) is 0 Å². The van der Waals surface area contributed by atoms with Gasteiger partial charge in [-0.1, -0.05) is 6.42 Å². The molecule has 108 valence electrons. The molecular formula is C15H26N2O2. The number of hydrogen-bond donors (Lipinski definition) is 1. The van der Waals surface area contributed by atoms with Gasteiger partial charge in [0.1, 0.15) is 0 Å². The van der Waals surface area contributed by atoms with E-state index in [4.69, 9.17) is 4.74 Å². The summed E-state index contributed by atoms with van der Waals surface area (Å²) in [5.41, 5.74) is 1.31. The molecule has 4 nitrogen and oxygen atoms in total. The maximum atomic E-state index is 11.2. The number of ether oxygens (including phenoxy) is 1. The van der Waals surface area contributed by atoms with Gasteiger partial charge in [0.25, 0.3) is 0 Å². The first kappa shape index (κ1) is 15.8. The van der Waals surface area contributed by atoms with Gasteiger partial charge >= 0.3 is 5.97 Å². The predicted molar refractivity (Wildman–Crippen MR) is 77.0 cm³/mol. The highest BCUT2D eigenvalue weighted by Crippen LogP contribution is 2.13. The van der Waals surface area contributed by atoms with Gasteiger partial charge in [0.15, 0.2) is 0 Å². The Bertz CT molecular complexity index is 374. The topological polar surface area (TPSA) is 43.3 Å². The normalized spacial score (nSPS) is 12.4. The van der Waals surface area contributed by atoms with E-state index in [-0.39, 0.29) is 5.97 Å². The third-order valence-corrected chi connectivity index (χ3v) is 3.31. The Morgan fingerprint density at radius 3 is 2.89 bits per heavy atom. The van der Waals surface area contributed by atoms with Gasteiger partial charge in [-0.05, 0) is 45.4 Å². The largest absolute Gasteiger partial charge is 0.466 e. The van der Waals surface area contributed by atoms with Crippen LogP contribution < -0.4 is 5.32 Å². The maximum Gasteiger partial charge on any atom is 0.305 e. The smallest absolute Gasteiger partial charge is 0.305 e. The van der Waals surface area contributed by atoms with Gasteiger partial charge in [-0.15, -0.1) is 0 Å². The fraction of sp³-hybridized carbons (Fsp3) is 0.667. The second-order valence-electron chi connectivity index (χ2n) is 4.81. The van der Waals surface area contributed by atoms with Gasteiger partial charge in [-0.25, -0.2) is 0 Å². The molecule has 0 aromatic carbocycles. The molecule has 0 saturated carbocycles. The van der Waals surface area contributed by atoms with Crippen LogP contribution in [0.3, 0.4) is 0 Å². The average Bonchev–Trinajstić information content (AvgIpc) is 2.86. The number of nitrogens with one attached hydrogen (secondary N) is 1. The van der Waals surface area contributed by atoms with E-state index in [1.807, 2.05) is 14.0 Å². The highest BCUT2D eigenvalue weighted by molar-refractivity contribution is 5.69. The lowest BCUT2D eigenvalue weighted by atomic mass is 10.2. The van der Waals surface area contributed by atoms with E-state index in [0.717, 1.165) is 25.8 Å². The molecule has 0 amide bonds. The van der Waals surface area contributed by atoms with Gasteiger partial charge in [0.2, 0.25) is 0 Å². The molecule has 1 rings (SSSR count). The molecule has 0 bridgehead atoms. The van der Waals surface area contributed by atoms with Crippen LogP contribution in [0.2, 0.25) is 0 Å². The highest BCUT2D eigenvalue weighted by atomic mass is 16.5. The van der Waals surface area contributed by atoms with Crippen LogP contribution >= 0.6 is 0 Å².